The van der Waals surface area contributed by atoms with Gasteiger partial charge in [0, 0.05) is 18.8 Å². The highest BCUT2D eigenvalue weighted by Crippen LogP contribution is 2.43. The maximum Gasteiger partial charge on any atom is 0.198 e. The van der Waals surface area contributed by atoms with E-state index in [0.717, 1.165) is 11.3 Å². The van der Waals surface area contributed by atoms with Crippen LogP contribution in [0.2, 0.25) is 0 Å². The van der Waals surface area contributed by atoms with E-state index in [0.29, 0.717) is 23.0 Å². The molecule has 2 aromatic carbocycles. The first kappa shape index (κ1) is 16.7. The minimum absolute atomic E-state index is 0.0215. The lowest BCUT2D eigenvalue weighted by Gasteiger charge is -2.24. The number of hydrogen-bond donors (Lipinski definition) is 0. The zero-order valence-electron chi connectivity index (χ0n) is 15.1. The Kier molecular flexibility index (Phi) is 4.14. The van der Waals surface area contributed by atoms with E-state index in [1.165, 1.54) is 0 Å². The molecule has 138 valence electrons. The Bertz CT molecular complexity index is 1160. The van der Waals surface area contributed by atoms with E-state index < -0.39 is 0 Å². The van der Waals surface area contributed by atoms with E-state index in [1.54, 1.807) is 30.8 Å². The van der Waals surface area contributed by atoms with Gasteiger partial charge >= 0.3 is 0 Å². The summed E-state index contributed by atoms with van der Waals surface area (Å²) in [5.74, 6) is 0. The number of aromatic nitrogens is 1. The SMILES string of the molecule is O=c1c([C@@H]2C[C@H](c3ccncc3)ON2c2ccccc2)coc2ccccc12. The molecular formula is C23H18N2O3. The van der Waals surface area contributed by atoms with Crippen molar-refractivity contribution in [2.45, 2.75) is 18.6 Å². The molecule has 2 atom stereocenters. The van der Waals surface area contributed by atoms with Gasteiger partial charge in [-0.15, -0.1) is 0 Å². The Labute approximate surface area is 161 Å². The second kappa shape index (κ2) is 6.94. The summed E-state index contributed by atoms with van der Waals surface area (Å²) in [6.07, 6.45) is 5.55. The molecule has 5 rings (SSSR count). The Morgan fingerprint density at radius 3 is 2.50 bits per heavy atom. The van der Waals surface area contributed by atoms with Crippen LogP contribution in [0.3, 0.4) is 0 Å². The zero-order valence-corrected chi connectivity index (χ0v) is 15.1. The normalized spacial score (nSPS) is 19.2. The summed E-state index contributed by atoms with van der Waals surface area (Å²) in [5, 5.41) is 2.41. The smallest absolute Gasteiger partial charge is 0.198 e. The van der Waals surface area contributed by atoms with Crippen molar-refractivity contribution < 1.29 is 9.25 Å². The largest absolute Gasteiger partial charge is 0.464 e. The second-order valence-electron chi connectivity index (χ2n) is 6.80. The molecule has 0 unspecified atom stereocenters. The molecule has 5 heteroatoms. The van der Waals surface area contributed by atoms with Gasteiger partial charge in [0.05, 0.1) is 22.7 Å². The van der Waals surface area contributed by atoms with E-state index in [9.17, 15) is 4.79 Å². The number of hydroxylamine groups is 1. The number of fused-ring (bicyclic) bond motifs is 1. The maximum absolute atomic E-state index is 13.2. The fourth-order valence-electron chi connectivity index (χ4n) is 3.72. The quantitative estimate of drug-likeness (QED) is 0.518. The van der Waals surface area contributed by atoms with Gasteiger partial charge in [0.25, 0.3) is 0 Å². The topological polar surface area (TPSA) is 55.6 Å². The molecule has 0 amide bonds. The monoisotopic (exact) mass is 370 g/mol. The third kappa shape index (κ3) is 2.86. The van der Waals surface area contributed by atoms with Gasteiger partial charge in [-0.05, 0) is 42.0 Å². The molecule has 4 aromatic rings. The molecule has 1 aliphatic heterocycles. The van der Waals surface area contributed by atoms with Crippen LogP contribution in [0.15, 0.2) is 94.6 Å². The van der Waals surface area contributed by atoms with Crippen LogP contribution in [-0.4, -0.2) is 4.98 Å². The minimum atomic E-state index is -0.249. The number of nitrogens with zero attached hydrogens (tertiary/aromatic N) is 2. The second-order valence-corrected chi connectivity index (χ2v) is 6.80. The Morgan fingerprint density at radius 2 is 1.68 bits per heavy atom. The molecule has 1 saturated heterocycles. The molecule has 5 nitrogen and oxygen atoms in total. The van der Waals surface area contributed by atoms with Crippen molar-refractivity contribution in [3.05, 3.63) is 107 Å². The van der Waals surface area contributed by atoms with Gasteiger partial charge in [0.1, 0.15) is 18.0 Å². The summed E-state index contributed by atoms with van der Waals surface area (Å²) in [6, 6.07) is 20.8. The molecule has 1 aliphatic rings. The highest BCUT2D eigenvalue weighted by molar-refractivity contribution is 5.76. The van der Waals surface area contributed by atoms with Crippen molar-refractivity contribution in [2.75, 3.05) is 5.06 Å². The fraction of sp³-hybridized carbons (Fsp3) is 0.130. The van der Waals surface area contributed by atoms with Gasteiger partial charge in [-0.3, -0.25) is 14.6 Å². The Balaban J connectivity index is 1.61. The highest BCUT2D eigenvalue weighted by atomic mass is 16.7. The Hall–Kier alpha value is -3.44. The van der Waals surface area contributed by atoms with Crippen LogP contribution in [0.4, 0.5) is 5.69 Å². The van der Waals surface area contributed by atoms with Gasteiger partial charge in [-0.25, -0.2) is 5.06 Å². The lowest BCUT2D eigenvalue weighted by atomic mass is 9.98. The zero-order chi connectivity index (χ0) is 18.9. The first-order chi connectivity index (χ1) is 13.8. The fourth-order valence-corrected chi connectivity index (χ4v) is 3.72. The standard InChI is InChI=1S/C23H18N2O3/c26-23-18-8-4-5-9-21(18)27-15-19(23)20-14-22(16-10-12-24-13-11-16)28-25(20)17-6-2-1-3-7-17/h1-13,15,20,22H,14H2/t20-,22+/m0/s1. The number of hydrogen-bond acceptors (Lipinski definition) is 5. The number of pyridine rings is 1. The summed E-state index contributed by atoms with van der Waals surface area (Å²) in [5.41, 5.74) is 3.10. The first-order valence-corrected chi connectivity index (χ1v) is 9.23. The molecule has 0 aliphatic carbocycles. The maximum atomic E-state index is 13.2. The van der Waals surface area contributed by atoms with Crippen molar-refractivity contribution in [1.82, 2.24) is 4.98 Å². The highest BCUT2D eigenvalue weighted by Gasteiger charge is 2.37. The number of para-hydroxylation sites is 2. The van der Waals surface area contributed by atoms with E-state index in [-0.39, 0.29) is 17.6 Å². The average molecular weight is 370 g/mol. The lowest BCUT2D eigenvalue weighted by molar-refractivity contribution is 0.0834. The van der Waals surface area contributed by atoms with Crippen molar-refractivity contribution in [1.29, 1.82) is 0 Å². The van der Waals surface area contributed by atoms with Crippen LogP contribution in [0.5, 0.6) is 0 Å². The van der Waals surface area contributed by atoms with E-state index >= 15 is 0 Å². The first-order valence-electron chi connectivity index (χ1n) is 9.23. The van der Waals surface area contributed by atoms with Crippen LogP contribution in [0, 0.1) is 0 Å². The van der Waals surface area contributed by atoms with Crippen molar-refractivity contribution in [3.8, 4) is 0 Å². The van der Waals surface area contributed by atoms with E-state index in [2.05, 4.69) is 4.98 Å². The van der Waals surface area contributed by atoms with Gasteiger partial charge in [0.15, 0.2) is 5.43 Å². The predicted octanol–water partition coefficient (Wildman–Crippen LogP) is 4.81. The van der Waals surface area contributed by atoms with Gasteiger partial charge in [-0.2, -0.15) is 0 Å². The lowest BCUT2D eigenvalue weighted by Crippen LogP contribution is -2.25. The van der Waals surface area contributed by atoms with Crippen molar-refractivity contribution in [2.24, 2.45) is 0 Å². The molecule has 2 aromatic heterocycles. The van der Waals surface area contributed by atoms with Gasteiger partial charge < -0.3 is 4.42 Å². The van der Waals surface area contributed by atoms with Crippen LogP contribution < -0.4 is 10.5 Å². The molecule has 0 N–H and O–H groups in total. The molecule has 28 heavy (non-hydrogen) atoms. The molecule has 0 radical (unpaired) electrons. The van der Waals surface area contributed by atoms with Gasteiger partial charge in [0.2, 0.25) is 0 Å². The summed E-state index contributed by atoms with van der Waals surface area (Å²) >= 11 is 0. The molecule has 0 spiro atoms. The predicted molar refractivity (Wildman–Crippen MR) is 107 cm³/mol. The van der Waals surface area contributed by atoms with Crippen LogP contribution >= 0.6 is 0 Å². The third-order valence-corrected chi connectivity index (χ3v) is 5.12. The third-order valence-electron chi connectivity index (χ3n) is 5.12. The molecule has 0 saturated carbocycles. The van der Waals surface area contributed by atoms with E-state index in [4.69, 9.17) is 9.25 Å². The minimum Gasteiger partial charge on any atom is -0.464 e. The van der Waals surface area contributed by atoms with Gasteiger partial charge in [-0.1, -0.05) is 30.3 Å². The van der Waals surface area contributed by atoms with Crippen LogP contribution in [0.25, 0.3) is 11.0 Å². The summed E-state index contributed by atoms with van der Waals surface area (Å²) in [4.78, 5) is 23.6. The average Bonchev–Trinajstić information content (AvgIpc) is 3.21. The van der Waals surface area contributed by atoms with Crippen molar-refractivity contribution >= 4 is 16.7 Å². The van der Waals surface area contributed by atoms with Crippen LogP contribution in [-0.2, 0) is 4.84 Å². The van der Waals surface area contributed by atoms with E-state index in [1.807, 2.05) is 59.7 Å². The summed E-state index contributed by atoms with van der Waals surface area (Å²) < 4.78 is 5.77. The summed E-state index contributed by atoms with van der Waals surface area (Å²) in [6.45, 7) is 0. The summed E-state index contributed by atoms with van der Waals surface area (Å²) in [7, 11) is 0. The van der Waals surface area contributed by atoms with Crippen molar-refractivity contribution in [3.63, 3.8) is 0 Å². The Morgan fingerprint density at radius 1 is 0.929 bits per heavy atom. The number of anilines is 1. The molecular weight excluding hydrogens is 352 g/mol. The molecule has 1 fully saturated rings. The molecule has 0 bridgehead atoms. The van der Waals surface area contributed by atoms with Crippen LogP contribution in [0.1, 0.15) is 29.7 Å². The number of benzene rings is 2. The molecule has 3 heterocycles. The number of rotatable bonds is 3.